The van der Waals surface area contributed by atoms with E-state index in [1.807, 2.05) is 0 Å². The molecule has 7 heteroatoms. The number of carbonyl (C=O) groups is 2. The van der Waals surface area contributed by atoms with Crippen molar-refractivity contribution in [3.63, 3.8) is 0 Å². The van der Waals surface area contributed by atoms with E-state index in [2.05, 4.69) is 4.74 Å². The Hall–Kier alpha value is -0.780. The summed E-state index contributed by atoms with van der Waals surface area (Å²) in [7, 11) is 0. The number of hydrogen-bond donors (Lipinski definition) is 0. The molecule has 0 saturated carbocycles. The number of hydrogen-bond acceptors (Lipinski definition) is 3. The highest BCUT2D eigenvalue weighted by Gasteiger charge is 2.42. The number of alkyl halides is 4. The molecule has 1 unspecified atom stereocenters. The Morgan fingerprint density at radius 1 is 1.42 bits per heavy atom. The van der Waals surface area contributed by atoms with Gasteiger partial charge in [0.2, 0.25) is 0 Å². The van der Waals surface area contributed by atoms with Crippen molar-refractivity contribution >= 4 is 23.5 Å². The van der Waals surface area contributed by atoms with Gasteiger partial charge in [0.1, 0.15) is 5.38 Å². The van der Waals surface area contributed by atoms with E-state index in [-0.39, 0.29) is 0 Å². The first-order chi connectivity index (χ1) is 5.25. The lowest BCUT2D eigenvalue weighted by Crippen LogP contribution is -2.30. The summed E-state index contributed by atoms with van der Waals surface area (Å²) in [6.07, 6.45) is -5.17. The number of rotatable bonds is 1. The quantitative estimate of drug-likeness (QED) is 0.367. The van der Waals surface area contributed by atoms with Gasteiger partial charge in [-0.15, -0.1) is 11.6 Å². The highest BCUT2D eigenvalue weighted by atomic mass is 35.5. The van der Waals surface area contributed by atoms with Crippen LogP contribution in [0.4, 0.5) is 13.2 Å². The third kappa shape index (κ3) is 3.56. The molecule has 0 aliphatic heterocycles. The number of ether oxygens (including phenoxy) is 1. The van der Waals surface area contributed by atoms with E-state index in [0.29, 0.717) is 0 Å². The zero-order chi connectivity index (χ0) is 9.94. The first kappa shape index (κ1) is 11.2. The molecule has 0 rings (SSSR count). The van der Waals surface area contributed by atoms with Gasteiger partial charge < -0.3 is 4.74 Å². The summed E-state index contributed by atoms with van der Waals surface area (Å²) >= 11 is 5.03. The Morgan fingerprint density at radius 2 is 1.83 bits per heavy atom. The van der Waals surface area contributed by atoms with Crippen LogP contribution in [-0.2, 0) is 14.3 Å². The van der Waals surface area contributed by atoms with Crippen molar-refractivity contribution in [2.75, 3.05) is 0 Å². The van der Waals surface area contributed by atoms with E-state index in [9.17, 15) is 22.8 Å². The molecule has 12 heavy (non-hydrogen) atoms. The molecule has 3 nitrogen and oxygen atoms in total. The van der Waals surface area contributed by atoms with Gasteiger partial charge in [-0.1, -0.05) is 0 Å². The van der Waals surface area contributed by atoms with Gasteiger partial charge in [-0.05, 0) is 6.92 Å². The summed E-state index contributed by atoms with van der Waals surface area (Å²) in [5, 5.41) is -1.28. The Kier molecular flexibility index (Phi) is 3.51. The lowest BCUT2D eigenvalue weighted by molar-refractivity contribution is -0.201. The lowest BCUT2D eigenvalue weighted by atomic mass is 10.5. The molecule has 0 aromatic rings. The normalized spacial score (nSPS) is 13.8. The maximum atomic E-state index is 11.4. The standard InChI is InChI=1S/C5H4ClF3O3/c1-2(6)3(10)12-4(11)5(7,8)9/h2H,1H3. The molecule has 0 spiro atoms. The van der Waals surface area contributed by atoms with Crippen LogP contribution in [0.2, 0.25) is 0 Å². The van der Waals surface area contributed by atoms with E-state index in [4.69, 9.17) is 11.6 Å². The predicted octanol–water partition coefficient (Wildman–Crippen LogP) is 1.25. The van der Waals surface area contributed by atoms with E-state index < -0.39 is 23.5 Å². The average Bonchev–Trinajstić information content (AvgIpc) is 1.85. The van der Waals surface area contributed by atoms with Crippen LogP contribution >= 0.6 is 11.6 Å². The summed E-state index contributed by atoms with van der Waals surface area (Å²) in [5.74, 6) is -3.97. The lowest BCUT2D eigenvalue weighted by Gasteiger charge is -2.05. The van der Waals surface area contributed by atoms with Gasteiger partial charge in [0.05, 0.1) is 0 Å². The van der Waals surface area contributed by atoms with Gasteiger partial charge in [-0.3, -0.25) is 0 Å². The molecule has 1 atom stereocenters. The summed E-state index contributed by atoms with van der Waals surface area (Å²) in [4.78, 5) is 20.3. The molecule has 0 heterocycles. The minimum absolute atomic E-state index is 1.09. The third-order valence-corrected chi connectivity index (χ3v) is 0.928. The molecule has 70 valence electrons. The van der Waals surface area contributed by atoms with Crippen molar-refractivity contribution < 1.29 is 27.5 Å². The number of carbonyl (C=O) groups excluding carboxylic acids is 2. The van der Waals surface area contributed by atoms with E-state index in [1.165, 1.54) is 0 Å². The maximum Gasteiger partial charge on any atom is 0.491 e. The van der Waals surface area contributed by atoms with Gasteiger partial charge in [0, 0.05) is 0 Å². The zero-order valence-electron chi connectivity index (χ0n) is 5.81. The fourth-order valence-corrected chi connectivity index (χ4v) is 0.275. The highest BCUT2D eigenvalue weighted by molar-refractivity contribution is 6.30. The molecule has 0 saturated heterocycles. The molecular weight excluding hydrogens is 200 g/mol. The molecular formula is C5H4ClF3O3. The van der Waals surface area contributed by atoms with E-state index in [0.717, 1.165) is 6.92 Å². The van der Waals surface area contributed by atoms with Crippen LogP contribution in [0, 0.1) is 0 Å². The largest absolute Gasteiger partial charge is 0.491 e. The molecule has 0 aromatic carbocycles. The summed E-state index contributed by atoms with van der Waals surface area (Å²) < 4.78 is 37.6. The summed E-state index contributed by atoms with van der Waals surface area (Å²) in [5.41, 5.74) is 0. The fourth-order valence-electron chi connectivity index (χ4n) is 0.230. The van der Waals surface area contributed by atoms with Crippen molar-refractivity contribution in [2.45, 2.75) is 18.5 Å². The van der Waals surface area contributed by atoms with Gasteiger partial charge in [0.15, 0.2) is 0 Å². The van der Waals surface area contributed by atoms with Gasteiger partial charge in [-0.25, -0.2) is 9.59 Å². The second-order valence-corrected chi connectivity index (χ2v) is 2.48. The first-order valence-electron chi connectivity index (χ1n) is 2.72. The summed E-state index contributed by atoms with van der Waals surface area (Å²) in [6, 6.07) is 0. The third-order valence-electron chi connectivity index (χ3n) is 0.750. The van der Waals surface area contributed by atoms with E-state index >= 15 is 0 Å². The SMILES string of the molecule is CC(Cl)C(=O)OC(=O)C(F)(F)F. The van der Waals surface area contributed by atoms with Crippen molar-refractivity contribution in [2.24, 2.45) is 0 Å². The van der Waals surface area contributed by atoms with Crippen molar-refractivity contribution in [3.8, 4) is 0 Å². The van der Waals surface area contributed by atoms with Gasteiger partial charge >= 0.3 is 18.1 Å². The monoisotopic (exact) mass is 204 g/mol. The van der Waals surface area contributed by atoms with Crippen molar-refractivity contribution in [1.82, 2.24) is 0 Å². The van der Waals surface area contributed by atoms with Crippen LogP contribution in [0.1, 0.15) is 6.92 Å². The van der Waals surface area contributed by atoms with Crippen molar-refractivity contribution in [1.29, 1.82) is 0 Å². The first-order valence-corrected chi connectivity index (χ1v) is 3.15. The molecule has 0 bridgehead atoms. The molecule has 0 radical (unpaired) electrons. The molecule has 0 aromatic heterocycles. The van der Waals surface area contributed by atoms with Gasteiger partial charge in [-0.2, -0.15) is 13.2 Å². The summed E-state index contributed by atoms with van der Waals surface area (Å²) in [6.45, 7) is 1.09. The molecule has 0 N–H and O–H groups in total. The minimum atomic E-state index is -5.17. The fraction of sp³-hybridized carbons (Fsp3) is 0.600. The number of esters is 2. The Balaban J connectivity index is 4.12. The smallest absolute Gasteiger partial charge is 0.385 e. The minimum Gasteiger partial charge on any atom is -0.385 e. The second-order valence-electron chi connectivity index (χ2n) is 1.82. The highest BCUT2D eigenvalue weighted by Crippen LogP contribution is 2.17. The molecule has 0 aliphatic carbocycles. The Morgan fingerprint density at radius 3 is 2.08 bits per heavy atom. The number of halogens is 4. The van der Waals surface area contributed by atoms with Crippen LogP contribution in [0.3, 0.4) is 0 Å². The zero-order valence-corrected chi connectivity index (χ0v) is 6.57. The molecule has 0 fully saturated rings. The van der Waals surface area contributed by atoms with Crippen LogP contribution < -0.4 is 0 Å². The Bertz CT molecular complexity index is 199. The maximum absolute atomic E-state index is 11.4. The molecule has 0 aliphatic rings. The van der Waals surface area contributed by atoms with Crippen molar-refractivity contribution in [3.05, 3.63) is 0 Å². The second kappa shape index (κ2) is 3.75. The van der Waals surface area contributed by atoms with Crippen LogP contribution in [0.15, 0.2) is 0 Å². The predicted molar refractivity (Wildman–Crippen MR) is 32.5 cm³/mol. The average molecular weight is 205 g/mol. The topological polar surface area (TPSA) is 43.4 Å². The van der Waals surface area contributed by atoms with E-state index in [1.54, 1.807) is 0 Å². The van der Waals surface area contributed by atoms with Gasteiger partial charge in [0.25, 0.3) is 0 Å². The van der Waals surface area contributed by atoms with Crippen LogP contribution in [0.25, 0.3) is 0 Å². The van der Waals surface area contributed by atoms with Crippen LogP contribution in [-0.4, -0.2) is 23.5 Å². The van der Waals surface area contributed by atoms with Crippen LogP contribution in [0.5, 0.6) is 0 Å². The molecule has 0 amide bonds. The Labute approximate surface area is 70.4 Å².